The largest absolute Gasteiger partial charge is 0.368 e. The molecule has 1 aromatic rings. The van der Waals surface area contributed by atoms with Gasteiger partial charge in [-0.25, -0.2) is 0 Å². The first-order valence-corrected chi connectivity index (χ1v) is 6.02. The number of rotatable bonds is 2. The van der Waals surface area contributed by atoms with Crippen LogP contribution >= 0.6 is 0 Å². The lowest BCUT2D eigenvalue weighted by Gasteiger charge is -2.40. The molecule has 0 spiro atoms. The topological polar surface area (TPSA) is 117 Å². The van der Waals surface area contributed by atoms with Gasteiger partial charge in [0.1, 0.15) is 12.1 Å². The van der Waals surface area contributed by atoms with Gasteiger partial charge < -0.3 is 15.5 Å². The molecule has 0 radical (unpaired) electrons. The summed E-state index contributed by atoms with van der Waals surface area (Å²) >= 11 is 0. The van der Waals surface area contributed by atoms with Crippen molar-refractivity contribution in [2.24, 2.45) is 0 Å². The van der Waals surface area contributed by atoms with Crippen LogP contribution in [0.15, 0.2) is 0 Å². The molecule has 20 heavy (non-hydrogen) atoms. The summed E-state index contributed by atoms with van der Waals surface area (Å²) in [6, 6.07) is 0. The first kappa shape index (κ1) is 14.0. The molecule has 1 aliphatic rings. The fourth-order valence-corrected chi connectivity index (χ4v) is 1.79. The zero-order valence-corrected chi connectivity index (χ0v) is 11.8. The molecule has 9 heteroatoms. The Balaban J connectivity index is 2.48. The van der Waals surface area contributed by atoms with Crippen molar-refractivity contribution in [3.05, 3.63) is 0 Å². The summed E-state index contributed by atoms with van der Waals surface area (Å²) in [5, 5.41) is 2.29. The van der Waals surface area contributed by atoms with Crippen LogP contribution in [-0.4, -0.2) is 52.9 Å². The Hall–Kier alpha value is -2.45. The molecule has 2 heterocycles. The van der Waals surface area contributed by atoms with Crippen LogP contribution in [0.3, 0.4) is 0 Å². The van der Waals surface area contributed by atoms with Crippen LogP contribution < -0.4 is 20.9 Å². The number of hydrogen-bond acceptors (Lipinski definition) is 8. The number of hydrogen-bond donors (Lipinski definition) is 2. The average Bonchev–Trinajstić information content (AvgIpc) is 2.33. The molecule has 0 aromatic carbocycles. The second kappa shape index (κ2) is 4.58. The number of nitrogens with one attached hydrogen (secondary N) is 1. The summed E-state index contributed by atoms with van der Waals surface area (Å²) < 4.78 is 0. The summed E-state index contributed by atoms with van der Waals surface area (Å²) in [5.41, 5.74) is 4.71. The lowest BCUT2D eigenvalue weighted by molar-refractivity contribution is -0.135. The van der Waals surface area contributed by atoms with Gasteiger partial charge in [-0.2, -0.15) is 15.0 Å². The molecular weight excluding hydrogens is 262 g/mol. The molecular formula is C11H17N7O2. The van der Waals surface area contributed by atoms with Crippen molar-refractivity contribution >= 4 is 29.7 Å². The molecule has 1 aliphatic heterocycles. The number of nitrogen functional groups attached to an aromatic ring is 1. The Morgan fingerprint density at radius 1 is 1.25 bits per heavy atom. The van der Waals surface area contributed by atoms with E-state index in [0.29, 0.717) is 5.95 Å². The van der Waals surface area contributed by atoms with Crippen LogP contribution in [0.2, 0.25) is 0 Å². The summed E-state index contributed by atoms with van der Waals surface area (Å²) in [5.74, 6) is -0.206. The van der Waals surface area contributed by atoms with Gasteiger partial charge in [-0.15, -0.1) is 0 Å². The van der Waals surface area contributed by atoms with Crippen LogP contribution in [-0.2, 0) is 9.59 Å². The van der Waals surface area contributed by atoms with Crippen LogP contribution in [0.25, 0.3) is 0 Å². The summed E-state index contributed by atoms with van der Waals surface area (Å²) in [6.07, 6.45) is 0. The smallest absolute Gasteiger partial charge is 0.252 e. The molecule has 1 fully saturated rings. The van der Waals surface area contributed by atoms with Gasteiger partial charge in [0.25, 0.3) is 5.91 Å². The van der Waals surface area contributed by atoms with E-state index in [-0.39, 0.29) is 18.4 Å². The third kappa shape index (κ3) is 2.33. The van der Waals surface area contributed by atoms with E-state index in [1.165, 1.54) is 4.90 Å². The van der Waals surface area contributed by atoms with Gasteiger partial charge in [-0.3, -0.25) is 14.9 Å². The predicted octanol–water partition coefficient (Wildman–Crippen LogP) is -1.24. The van der Waals surface area contributed by atoms with E-state index in [1.54, 1.807) is 32.8 Å². The highest BCUT2D eigenvalue weighted by atomic mass is 16.2. The van der Waals surface area contributed by atoms with E-state index >= 15 is 0 Å². The molecule has 2 amide bonds. The number of nitrogens with two attached hydrogens (primary N) is 1. The van der Waals surface area contributed by atoms with Gasteiger partial charge in [0.15, 0.2) is 0 Å². The number of amides is 2. The number of anilines is 3. The van der Waals surface area contributed by atoms with Crippen LogP contribution in [0.5, 0.6) is 0 Å². The highest BCUT2D eigenvalue weighted by molar-refractivity contribution is 6.06. The minimum Gasteiger partial charge on any atom is -0.368 e. The molecule has 108 valence electrons. The van der Waals surface area contributed by atoms with Gasteiger partial charge >= 0.3 is 0 Å². The first-order valence-electron chi connectivity index (χ1n) is 6.02. The number of carbonyl (C=O) groups excluding carboxylic acids is 2. The molecule has 0 atom stereocenters. The Kier molecular flexibility index (Phi) is 3.20. The monoisotopic (exact) mass is 279 g/mol. The van der Waals surface area contributed by atoms with E-state index in [9.17, 15) is 9.59 Å². The molecule has 1 saturated heterocycles. The Morgan fingerprint density at radius 3 is 2.50 bits per heavy atom. The van der Waals surface area contributed by atoms with Crippen molar-refractivity contribution in [1.29, 1.82) is 0 Å². The van der Waals surface area contributed by atoms with E-state index in [0.717, 1.165) is 0 Å². The lowest BCUT2D eigenvalue weighted by Crippen LogP contribution is -2.64. The van der Waals surface area contributed by atoms with Gasteiger partial charge in [0, 0.05) is 14.1 Å². The molecule has 0 saturated carbocycles. The lowest BCUT2D eigenvalue weighted by atomic mass is 9.99. The quantitative estimate of drug-likeness (QED) is 0.646. The maximum Gasteiger partial charge on any atom is 0.252 e. The minimum absolute atomic E-state index is 0.0188. The van der Waals surface area contributed by atoms with Crippen molar-refractivity contribution in [2.45, 2.75) is 19.4 Å². The van der Waals surface area contributed by atoms with Crippen molar-refractivity contribution in [1.82, 2.24) is 20.3 Å². The maximum absolute atomic E-state index is 11.9. The number of imide groups is 1. The van der Waals surface area contributed by atoms with E-state index in [1.807, 2.05) is 0 Å². The first-order chi connectivity index (χ1) is 9.21. The normalized spacial score (nSPS) is 17.9. The van der Waals surface area contributed by atoms with Crippen molar-refractivity contribution in [3.63, 3.8) is 0 Å². The Morgan fingerprint density at radius 2 is 1.90 bits per heavy atom. The molecule has 3 N–H and O–H groups in total. The van der Waals surface area contributed by atoms with Crippen LogP contribution in [0.1, 0.15) is 13.8 Å². The fraction of sp³-hybridized carbons (Fsp3) is 0.545. The number of aromatic nitrogens is 3. The second-order valence-electron chi connectivity index (χ2n) is 5.21. The van der Waals surface area contributed by atoms with Crippen LogP contribution in [0.4, 0.5) is 17.8 Å². The molecule has 0 bridgehead atoms. The molecule has 2 rings (SSSR count). The highest BCUT2D eigenvalue weighted by Gasteiger charge is 2.42. The summed E-state index contributed by atoms with van der Waals surface area (Å²) in [7, 11) is 3.52. The predicted molar refractivity (Wildman–Crippen MR) is 73.1 cm³/mol. The Labute approximate surface area is 116 Å². The molecule has 9 nitrogen and oxygen atoms in total. The standard InChI is InChI=1S/C11H17N7O2/c1-11(2)7(20)13-6(19)5-18(11)10-15-8(12)14-9(16-10)17(3)4/h5H2,1-4H3,(H,13,19,20)(H2,12,14,15,16). The number of piperazine rings is 1. The van der Waals surface area contributed by atoms with E-state index in [2.05, 4.69) is 20.3 Å². The maximum atomic E-state index is 11.9. The zero-order valence-electron chi connectivity index (χ0n) is 11.8. The van der Waals surface area contributed by atoms with Crippen molar-refractivity contribution in [3.8, 4) is 0 Å². The fourth-order valence-electron chi connectivity index (χ4n) is 1.79. The number of carbonyl (C=O) groups is 2. The summed E-state index contributed by atoms with van der Waals surface area (Å²) in [4.78, 5) is 38.9. The van der Waals surface area contributed by atoms with Gasteiger partial charge in [0.05, 0.1) is 0 Å². The average molecular weight is 279 g/mol. The third-order valence-corrected chi connectivity index (χ3v) is 3.06. The van der Waals surface area contributed by atoms with Crippen LogP contribution in [0, 0.1) is 0 Å². The van der Waals surface area contributed by atoms with E-state index < -0.39 is 17.4 Å². The van der Waals surface area contributed by atoms with E-state index in [4.69, 9.17) is 5.73 Å². The van der Waals surface area contributed by atoms with Crippen molar-refractivity contribution in [2.75, 3.05) is 36.2 Å². The third-order valence-electron chi connectivity index (χ3n) is 3.06. The molecule has 0 aliphatic carbocycles. The zero-order chi connectivity index (χ0) is 15.1. The number of nitrogens with zero attached hydrogens (tertiary/aromatic N) is 5. The van der Waals surface area contributed by atoms with Gasteiger partial charge in [0.2, 0.25) is 23.8 Å². The van der Waals surface area contributed by atoms with Crippen molar-refractivity contribution < 1.29 is 9.59 Å². The molecule has 1 aromatic heterocycles. The Bertz CT molecular complexity index is 570. The van der Waals surface area contributed by atoms with Gasteiger partial charge in [-0.1, -0.05) is 0 Å². The second-order valence-corrected chi connectivity index (χ2v) is 5.21. The molecule has 0 unspecified atom stereocenters. The summed E-state index contributed by atoms with van der Waals surface area (Å²) in [6.45, 7) is 3.35. The highest BCUT2D eigenvalue weighted by Crippen LogP contribution is 2.24. The SMILES string of the molecule is CN(C)c1nc(N)nc(N2CC(=O)NC(=O)C2(C)C)n1. The minimum atomic E-state index is -0.953. The van der Waals surface area contributed by atoms with Gasteiger partial charge in [-0.05, 0) is 13.8 Å².